The number of benzene rings is 1. The van der Waals surface area contributed by atoms with Crippen molar-refractivity contribution in [2.45, 2.75) is 46.2 Å². The fraction of sp³-hybridized carbons (Fsp3) is 0.455. The maximum absolute atomic E-state index is 12.8. The van der Waals surface area contributed by atoms with Gasteiger partial charge in [-0.1, -0.05) is 13.8 Å². The van der Waals surface area contributed by atoms with Crippen LogP contribution in [0.1, 0.15) is 40.9 Å². The van der Waals surface area contributed by atoms with Gasteiger partial charge in [0, 0.05) is 33.8 Å². The molecule has 2 atom stereocenters. The molecule has 0 aliphatic carbocycles. The van der Waals surface area contributed by atoms with E-state index in [0.717, 1.165) is 6.42 Å². The molecule has 2 N–H and O–H groups in total. The summed E-state index contributed by atoms with van der Waals surface area (Å²) in [5.41, 5.74) is 0.377. The third-order valence-corrected chi connectivity index (χ3v) is 5.56. The standard InChI is InChI=1S/C22H30N2O4S/c1-13(2)20(22(26)23-14(3)9-19-8-7-15(4)29-19)24-21(25)16-10-17(27-5)12-18(11-16)28-6/h7-8,10-14,20H,9H2,1-6H3,(H,23,26)(H,24,25). The summed E-state index contributed by atoms with van der Waals surface area (Å²) in [6.45, 7) is 7.85. The SMILES string of the molecule is COc1cc(OC)cc(C(=O)NC(C(=O)NC(C)Cc2ccc(C)s2)C(C)C)c1. The van der Waals surface area contributed by atoms with Gasteiger partial charge in [-0.25, -0.2) is 0 Å². The zero-order valence-electron chi connectivity index (χ0n) is 17.9. The largest absolute Gasteiger partial charge is 0.497 e. The highest BCUT2D eigenvalue weighted by atomic mass is 32.1. The number of methoxy groups -OCH3 is 2. The summed E-state index contributed by atoms with van der Waals surface area (Å²) in [6, 6.07) is 8.42. The average Bonchev–Trinajstić information content (AvgIpc) is 3.09. The number of carbonyl (C=O) groups excluding carboxylic acids is 2. The molecule has 2 rings (SSSR count). The molecule has 158 valence electrons. The van der Waals surface area contributed by atoms with E-state index in [1.165, 1.54) is 24.0 Å². The Kier molecular flexibility index (Phi) is 8.08. The third kappa shape index (κ3) is 6.49. The van der Waals surface area contributed by atoms with E-state index < -0.39 is 6.04 Å². The number of carbonyl (C=O) groups is 2. The molecule has 7 heteroatoms. The van der Waals surface area contributed by atoms with Gasteiger partial charge in [-0.2, -0.15) is 0 Å². The van der Waals surface area contributed by atoms with E-state index in [2.05, 4.69) is 29.7 Å². The van der Waals surface area contributed by atoms with Gasteiger partial charge >= 0.3 is 0 Å². The molecule has 0 saturated carbocycles. The Balaban J connectivity index is 2.06. The van der Waals surface area contributed by atoms with Crippen LogP contribution in [0.5, 0.6) is 11.5 Å². The molecular formula is C22H30N2O4S. The summed E-state index contributed by atoms with van der Waals surface area (Å²) in [5, 5.41) is 5.87. The zero-order valence-corrected chi connectivity index (χ0v) is 18.7. The van der Waals surface area contributed by atoms with Gasteiger partial charge in [-0.15, -0.1) is 11.3 Å². The van der Waals surface area contributed by atoms with E-state index in [1.54, 1.807) is 29.5 Å². The van der Waals surface area contributed by atoms with Crippen molar-refractivity contribution >= 4 is 23.2 Å². The van der Waals surface area contributed by atoms with Crippen LogP contribution < -0.4 is 20.1 Å². The predicted octanol–water partition coefficient (Wildman–Crippen LogP) is 3.58. The number of amides is 2. The van der Waals surface area contributed by atoms with Gasteiger partial charge in [0.2, 0.25) is 5.91 Å². The van der Waals surface area contributed by atoms with Crippen molar-refractivity contribution in [2.75, 3.05) is 14.2 Å². The lowest BCUT2D eigenvalue weighted by Crippen LogP contribution is -2.51. The number of ether oxygens (including phenoxy) is 2. The van der Waals surface area contributed by atoms with Crippen molar-refractivity contribution in [2.24, 2.45) is 5.92 Å². The normalized spacial score (nSPS) is 12.9. The first kappa shape index (κ1) is 22.7. The number of nitrogens with one attached hydrogen (secondary N) is 2. The van der Waals surface area contributed by atoms with Crippen molar-refractivity contribution in [1.29, 1.82) is 0 Å². The summed E-state index contributed by atoms with van der Waals surface area (Å²) >= 11 is 1.73. The van der Waals surface area contributed by atoms with E-state index in [-0.39, 0.29) is 23.8 Å². The number of hydrogen-bond donors (Lipinski definition) is 2. The first-order valence-electron chi connectivity index (χ1n) is 9.63. The molecule has 0 radical (unpaired) electrons. The van der Waals surface area contributed by atoms with Crippen molar-refractivity contribution < 1.29 is 19.1 Å². The van der Waals surface area contributed by atoms with Gasteiger partial charge in [0.25, 0.3) is 5.91 Å². The van der Waals surface area contributed by atoms with E-state index in [4.69, 9.17) is 9.47 Å². The fourth-order valence-corrected chi connectivity index (χ4v) is 4.00. The van der Waals surface area contributed by atoms with E-state index in [1.807, 2.05) is 20.8 Å². The molecule has 0 aliphatic heterocycles. The molecule has 6 nitrogen and oxygen atoms in total. The molecule has 1 heterocycles. The molecule has 2 unspecified atom stereocenters. The minimum Gasteiger partial charge on any atom is -0.497 e. The maximum atomic E-state index is 12.8. The molecule has 0 bridgehead atoms. The van der Waals surface area contributed by atoms with Crippen LogP contribution in [-0.2, 0) is 11.2 Å². The maximum Gasteiger partial charge on any atom is 0.252 e. The smallest absolute Gasteiger partial charge is 0.252 e. The summed E-state index contributed by atoms with van der Waals surface area (Å²) in [5.74, 6) is 0.420. The van der Waals surface area contributed by atoms with Crippen molar-refractivity contribution in [1.82, 2.24) is 10.6 Å². The molecule has 2 aromatic rings. The molecule has 0 spiro atoms. The molecule has 0 aliphatic rings. The number of thiophene rings is 1. The summed E-state index contributed by atoms with van der Waals surface area (Å²) < 4.78 is 10.4. The average molecular weight is 419 g/mol. The van der Waals surface area contributed by atoms with Crippen LogP contribution in [0.2, 0.25) is 0 Å². The Morgan fingerprint density at radius 2 is 1.62 bits per heavy atom. The summed E-state index contributed by atoms with van der Waals surface area (Å²) in [7, 11) is 3.05. The number of rotatable bonds is 9. The Labute approximate surface area is 176 Å². The highest BCUT2D eigenvalue weighted by molar-refractivity contribution is 7.11. The van der Waals surface area contributed by atoms with Gasteiger partial charge in [0.15, 0.2) is 0 Å². The molecular weight excluding hydrogens is 388 g/mol. The van der Waals surface area contributed by atoms with Gasteiger partial charge in [0.05, 0.1) is 14.2 Å². The zero-order chi connectivity index (χ0) is 21.6. The quantitative estimate of drug-likeness (QED) is 0.653. The van der Waals surface area contributed by atoms with Gasteiger partial charge < -0.3 is 20.1 Å². The topological polar surface area (TPSA) is 76.7 Å². The van der Waals surface area contributed by atoms with Crippen LogP contribution in [0.4, 0.5) is 0 Å². The number of aryl methyl sites for hydroxylation is 1. The minimum absolute atomic E-state index is 0.0318. The molecule has 29 heavy (non-hydrogen) atoms. The Morgan fingerprint density at radius 1 is 1.00 bits per heavy atom. The Morgan fingerprint density at radius 3 is 2.10 bits per heavy atom. The Bertz CT molecular complexity index is 825. The molecule has 0 fully saturated rings. The van der Waals surface area contributed by atoms with Crippen molar-refractivity contribution in [3.8, 4) is 11.5 Å². The van der Waals surface area contributed by atoms with Gasteiger partial charge in [-0.3, -0.25) is 9.59 Å². The molecule has 1 aromatic heterocycles. The van der Waals surface area contributed by atoms with E-state index in [0.29, 0.717) is 17.1 Å². The van der Waals surface area contributed by atoms with Crippen molar-refractivity contribution in [3.05, 3.63) is 45.6 Å². The highest BCUT2D eigenvalue weighted by Crippen LogP contribution is 2.23. The second-order valence-electron chi connectivity index (χ2n) is 7.42. The first-order valence-corrected chi connectivity index (χ1v) is 10.4. The van der Waals surface area contributed by atoms with Crippen LogP contribution in [0.15, 0.2) is 30.3 Å². The van der Waals surface area contributed by atoms with Gasteiger partial charge in [0.1, 0.15) is 17.5 Å². The fourth-order valence-electron chi connectivity index (χ4n) is 2.98. The van der Waals surface area contributed by atoms with E-state index >= 15 is 0 Å². The van der Waals surface area contributed by atoms with Crippen LogP contribution >= 0.6 is 11.3 Å². The van der Waals surface area contributed by atoms with Crippen LogP contribution in [0, 0.1) is 12.8 Å². The number of hydrogen-bond acceptors (Lipinski definition) is 5. The Hall–Kier alpha value is -2.54. The lowest BCUT2D eigenvalue weighted by atomic mass is 10.0. The molecule has 1 aromatic carbocycles. The van der Waals surface area contributed by atoms with Gasteiger partial charge in [-0.05, 0) is 44.0 Å². The van der Waals surface area contributed by atoms with Crippen molar-refractivity contribution in [3.63, 3.8) is 0 Å². The second kappa shape index (κ2) is 10.3. The molecule has 0 saturated heterocycles. The lowest BCUT2D eigenvalue weighted by molar-refractivity contribution is -0.124. The first-order chi connectivity index (χ1) is 13.7. The van der Waals surface area contributed by atoms with Crippen LogP contribution in [0.25, 0.3) is 0 Å². The highest BCUT2D eigenvalue weighted by Gasteiger charge is 2.26. The lowest BCUT2D eigenvalue weighted by Gasteiger charge is -2.24. The van der Waals surface area contributed by atoms with Crippen LogP contribution in [0.3, 0.4) is 0 Å². The van der Waals surface area contributed by atoms with E-state index in [9.17, 15) is 9.59 Å². The monoisotopic (exact) mass is 418 g/mol. The minimum atomic E-state index is -0.646. The summed E-state index contributed by atoms with van der Waals surface area (Å²) in [6.07, 6.45) is 0.760. The molecule has 2 amide bonds. The third-order valence-electron chi connectivity index (χ3n) is 4.54. The predicted molar refractivity (Wildman–Crippen MR) is 116 cm³/mol. The summed E-state index contributed by atoms with van der Waals surface area (Å²) in [4.78, 5) is 28.1. The van der Waals surface area contributed by atoms with Crippen LogP contribution in [-0.4, -0.2) is 38.1 Å². The second-order valence-corrected chi connectivity index (χ2v) is 8.80.